The van der Waals surface area contributed by atoms with Gasteiger partial charge in [0.2, 0.25) is 0 Å². The van der Waals surface area contributed by atoms with Crippen LogP contribution in [0.3, 0.4) is 0 Å². The van der Waals surface area contributed by atoms with E-state index in [1.165, 1.54) is 38.5 Å². The summed E-state index contributed by atoms with van der Waals surface area (Å²) in [5, 5.41) is 21.0. The van der Waals surface area contributed by atoms with E-state index in [0.29, 0.717) is 5.41 Å². The molecule has 0 amide bonds. The predicted molar refractivity (Wildman–Crippen MR) is 88.4 cm³/mol. The lowest BCUT2D eigenvalue weighted by Crippen LogP contribution is -2.56. The van der Waals surface area contributed by atoms with Crippen LogP contribution in [0.4, 0.5) is 0 Å². The number of aliphatic hydroxyl groups excluding tert-OH is 1. The van der Waals surface area contributed by atoms with Gasteiger partial charge in [-0.3, -0.25) is 0 Å². The fraction of sp³-hybridized carbons (Fsp3) is 1.00. The molecule has 8 atom stereocenters. The monoisotopic (exact) mass is 306 g/mol. The molecule has 2 heteroatoms. The number of hydrogen-bond acceptors (Lipinski definition) is 2. The Morgan fingerprint density at radius 1 is 0.818 bits per heavy atom. The Bertz CT molecular complexity index is 459. The van der Waals surface area contributed by atoms with E-state index in [-0.39, 0.29) is 11.5 Å². The third-order valence-electron chi connectivity index (χ3n) is 9.20. The van der Waals surface area contributed by atoms with Crippen molar-refractivity contribution in [3.05, 3.63) is 0 Å². The molecule has 4 aliphatic rings. The number of hydrogen-bond donors (Lipinski definition) is 2. The molecule has 0 bridgehead atoms. The Labute approximate surface area is 135 Å². The highest BCUT2D eigenvalue weighted by Crippen LogP contribution is 2.68. The molecule has 22 heavy (non-hydrogen) atoms. The highest BCUT2D eigenvalue weighted by atomic mass is 16.3. The molecular weight excluding hydrogens is 272 g/mol. The lowest BCUT2D eigenvalue weighted by Gasteiger charge is -2.61. The summed E-state index contributed by atoms with van der Waals surface area (Å²) >= 11 is 0. The summed E-state index contributed by atoms with van der Waals surface area (Å²) in [6, 6.07) is 0. The van der Waals surface area contributed by atoms with E-state index >= 15 is 0 Å². The van der Waals surface area contributed by atoms with Crippen molar-refractivity contribution >= 4 is 0 Å². The first-order valence-electron chi connectivity index (χ1n) is 9.68. The Balaban J connectivity index is 1.64. The van der Waals surface area contributed by atoms with Crippen LogP contribution in [0.15, 0.2) is 0 Å². The fourth-order valence-corrected chi connectivity index (χ4v) is 7.48. The van der Waals surface area contributed by atoms with Gasteiger partial charge >= 0.3 is 0 Å². The van der Waals surface area contributed by atoms with Gasteiger partial charge in [-0.25, -0.2) is 0 Å². The maximum Gasteiger partial charge on any atom is 0.0675 e. The third-order valence-corrected chi connectivity index (χ3v) is 9.20. The molecule has 4 fully saturated rings. The van der Waals surface area contributed by atoms with Crippen molar-refractivity contribution < 1.29 is 10.2 Å². The van der Waals surface area contributed by atoms with Crippen LogP contribution in [0.5, 0.6) is 0 Å². The summed E-state index contributed by atoms with van der Waals surface area (Å²) in [7, 11) is 0. The molecule has 0 saturated heterocycles. The van der Waals surface area contributed by atoms with Gasteiger partial charge in [-0.2, -0.15) is 0 Å². The molecule has 5 unspecified atom stereocenters. The van der Waals surface area contributed by atoms with E-state index in [9.17, 15) is 10.2 Å². The van der Waals surface area contributed by atoms with Crippen molar-refractivity contribution in [1.82, 2.24) is 0 Å². The molecule has 0 radical (unpaired) electrons. The van der Waals surface area contributed by atoms with Crippen molar-refractivity contribution in [2.75, 3.05) is 0 Å². The van der Waals surface area contributed by atoms with Gasteiger partial charge in [0.05, 0.1) is 11.7 Å². The standard InChI is InChI=1S/C20H34O2/c1-18-9-6-14(21)12-13(18)4-5-15-16(18)7-10-19(2)17(15)8-11-20(19,3)22/h13-17,21-22H,4-12H2,1-3H3/t13-,14-,15?,16?,17?,18?,19?,20-/m0/s1. The van der Waals surface area contributed by atoms with Gasteiger partial charge in [0.25, 0.3) is 0 Å². The maximum atomic E-state index is 10.9. The molecule has 0 aromatic rings. The van der Waals surface area contributed by atoms with Crippen LogP contribution in [0, 0.1) is 34.5 Å². The van der Waals surface area contributed by atoms with Crippen LogP contribution in [0.2, 0.25) is 0 Å². The molecule has 126 valence electrons. The van der Waals surface area contributed by atoms with E-state index in [1.807, 2.05) is 0 Å². The molecule has 2 N–H and O–H groups in total. The number of rotatable bonds is 0. The molecule has 4 aliphatic carbocycles. The van der Waals surface area contributed by atoms with Crippen molar-refractivity contribution in [3.63, 3.8) is 0 Å². The normalized spacial score (nSPS) is 61.2. The number of aliphatic hydroxyl groups is 2. The van der Waals surface area contributed by atoms with Gasteiger partial charge in [0, 0.05) is 0 Å². The van der Waals surface area contributed by atoms with Crippen molar-refractivity contribution in [3.8, 4) is 0 Å². The van der Waals surface area contributed by atoms with Gasteiger partial charge in [0.15, 0.2) is 0 Å². The third kappa shape index (κ3) is 1.86. The average molecular weight is 306 g/mol. The van der Waals surface area contributed by atoms with Gasteiger partial charge < -0.3 is 10.2 Å². The maximum absolute atomic E-state index is 10.9. The van der Waals surface area contributed by atoms with Crippen LogP contribution >= 0.6 is 0 Å². The van der Waals surface area contributed by atoms with Crippen LogP contribution in [-0.2, 0) is 0 Å². The summed E-state index contributed by atoms with van der Waals surface area (Å²) in [5.74, 6) is 3.13. The minimum Gasteiger partial charge on any atom is -0.393 e. The minimum absolute atomic E-state index is 0.0457. The topological polar surface area (TPSA) is 40.5 Å². The van der Waals surface area contributed by atoms with Gasteiger partial charge in [-0.15, -0.1) is 0 Å². The van der Waals surface area contributed by atoms with Crippen LogP contribution in [0.1, 0.15) is 78.6 Å². The molecule has 0 aromatic heterocycles. The van der Waals surface area contributed by atoms with E-state index in [2.05, 4.69) is 20.8 Å². The summed E-state index contributed by atoms with van der Waals surface area (Å²) in [6.07, 6.45) is 10.6. The quantitative estimate of drug-likeness (QED) is 0.706. The van der Waals surface area contributed by atoms with Crippen molar-refractivity contribution in [1.29, 1.82) is 0 Å². The smallest absolute Gasteiger partial charge is 0.0675 e. The minimum atomic E-state index is -0.455. The Hall–Kier alpha value is -0.0800. The van der Waals surface area contributed by atoms with Crippen LogP contribution < -0.4 is 0 Å². The zero-order valence-electron chi connectivity index (χ0n) is 14.6. The molecule has 0 aliphatic heterocycles. The second-order valence-corrected chi connectivity index (χ2v) is 9.85. The Morgan fingerprint density at radius 2 is 1.55 bits per heavy atom. The highest BCUT2D eigenvalue weighted by Gasteiger charge is 2.63. The lowest BCUT2D eigenvalue weighted by molar-refractivity contribution is -0.153. The zero-order valence-corrected chi connectivity index (χ0v) is 14.6. The Morgan fingerprint density at radius 3 is 2.32 bits per heavy atom. The second-order valence-electron chi connectivity index (χ2n) is 9.85. The SMILES string of the molecule is CC12CC[C@H](O)C[C@@H]1CCC1C2CCC2(C)C1CC[C@]2(C)O. The lowest BCUT2D eigenvalue weighted by atomic mass is 9.44. The average Bonchev–Trinajstić information content (AvgIpc) is 2.70. The highest BCUT2D eigenvalue weighted by molar-refractivity contribution is 5.12. The summed E-state index contributed by atoms with van der Waals surface area (Å²) in [6.45, 7) is 7.01. The fourth-order valence-electron chi connectivity index (χ4n) is 7.48. The van der Waals surface area contributed by atoms with E-state index in [0.717, 1.165) is 42.9 Å². The van der Waals surface area contributed by atoms with Crippen molar-refractivity contribution in [2.45, 2.75) is 90.3 Å². The summed E-state index contributed by atoms with van der Waals surface area (Å²) in [5.41, 5.74) is 0.145. The van der Waals surface area contributed by atoms with Crippen molar-refractivity contribution in [2.24, 2.45) is 34.5 Å². The molecule has 0 aromatic carbocycles. The summed E-state index contributed by atoms with van der Waals surface area (Å²) in [4.78, 5) is 0. The Kier molecular flexibility index (Phi) is 3.32. The largest absolute Gasteiger partial charge is 0.393 e. The molecule has 4 rings (SSSR count). The van der Waals surface area contributed by atoms with E-state index < -0.39 is 5.60 Å². The summed E-state index contributed by atoms with van der Waals surface area (Å²) < 4.78 is 0. The first kappa shape index (κ1) is 15.4. The van der Waals surface area contributed by atoms with Gasteiger partial charge in [0.1, 0.15) is 0 Å². The van der Waals surface area contributed by atoms with E-state index in [1.54, 1.807) is 0 Å². The molecule has 4 saturated carbocycles. The molecule has 2 nitrogen and oxygen atoms in total. The van der Waals surface area contributed by atoms with Gasteiger partial charge in [-0.1, -0.05) is 13.8 Å². The molecule has 0 spiro atoms. The first-order valence-corrected chi connectivity index (χ1v) is 9.68. The number of fused-ring (bicyclic) bond motifs is 5. The van der Waals surface area contributed by atoms with Gasteiger partial charge in [-0.05, 0) is 99.2 Å². The van der Waals surface area contributed by atoms with Crippen LogP contribution in [0.25, 0.3) is 0 Å². The first-order chi connectivity index (χ1) is 10.3. The zero-order chi connectivity index (χ0) is 15.8. The molecular formula is C20H34O2. The molecule has 0 heterocycles. The van der Waals surface area contributed by atoms with E-state index in [4.69, 9.17) is 0 Å². The predicted octanol–water partition coefficient (Wildman–Crippen LogP) is 4.14. The second kappa shape index (κ2) is 4.72. The van der Waals surface area contributed by atoms with Crippen LogP contribution in [-0.4, -0.2) is 21.9 Å².